The second-order valence-electron chi connectivity index (χ2n) is 4.03. The Bertz CT molecular complexity index is 415. The number of hydrogen-bond acceptors (Lipinski definition) is 5. The van der Waals surface area contributed by atoms with Crippen molar-refractivity contribution in [3.05, 3.63) is 28.0 Å². The summed E-state index contributed by atoms with van der Waals surface area (Å²) in [5, 5.41) is 29.6. The number of aliphatic hydroxyl groups is 3. The van der Waals surface area contributed by atoms with Crippen LogP contribution in [0.15, 0.2) is 18.2 Å². The lowest BCUT2D eigenvalue weighted by atomic mass is 10.0. The van der Waals surface area contributed by atoms with Crippen molar-refractivity contribution in [3.63, 3.8) is 0 Å². The van der Waals surface area contributed by atoms with E-state index in [-0.39, 0.29) is 0 Å². The van der Waals surface area contributed by atoms with E-state index in [1.807, 2.05) is 19.1 Å². The van der Waals surface area contributed by atoms with E-state index in [2.05, 4.69) is 5.32 Å². The highest BCUT2D eigenvalue weighted by Gasteiger charge is 2.29. The summed E-state index contributed by atoms with van der Waals surface area (Å²) in [4.78, 5) is 13.7. The molecular weight excluding hydrogens is 254 g/mol. The Morgan fingerprint density at radius 2 is 1.94 bits per heavy atom. The molecule has 5 nitrogen and oxygen atoms in total. The van der Waals surface area contributed by atoms with E-state index in [9.17, 15) is 4.79 Å². The molecule has 0 saturated heterocycles. The van der Waals surface area contributed by atoms with Gasteiger partial charge in [0.15, 0.2) is 0 Å². The Balaban J connectivity index is 2.63. The monoisotopic (exact) mass is 271 g/mol. The SMILES string of the molecule is Cc1ccc(/C=C/C(=O)NC(CO)(CO)CO)s1. The highest BCUT2D eigenvalue weighted by atomic mass is 32.1. The smallest absolute Gasteiger partial charge is 0.244 e. The normalized spacial score (nSPS) is 12.0. The molecule has 1 aromatic heterocycles. The number of carbonyl (C=O) groups excluding carboxylic acids is 1. The van der Waals surface area contributed by atoms with E-state index in [4.69, 9.17) is 15.3 Å². The molecule has 18 heavy (non-hydrogen) atoms. The van der Waals surface area contributed by atoms with Gasteiger partial charge in [-0.2, -0.15) is 0 Å². The lowest BCUT2D eigenvalue weighted by molar-refractivity contribution is -0.120. The summed E-state index contributed by atoms with van der Waals surface area (Å²) in [6.07, 6.45) is 2.95. The standard InChI is InChI=1S/C12H17NO4S/c1-9-2-3-10(18-9)4-5-11(17)13-12(6-14,7-15)8-16/h2-5,14-16H,6-8H2,1H3,(H,13,17)/b5-4+. The van der Waals surface area contributed by atoms with Crippen LogP contribution in [0.4, 0.5) is 0 Å². The van der Waals surface area contributed by atoms with Crippen LogP contribution in [0.25, 0.3) is 6.08 Å². The van der Waals surface area contributed by atoms with Gasteiger partial charge >= 0.3 is 0 Å². The van der Waals surface area contributed by atoms with Gasteiger partial charge in [-0.25, -0.2) is 0 Å². The molecule has 0 atom stereocenters. The summed E-state index contributed by atoms with van der Waals surface area (Å²) in [5.74, 6) is -0.474. The number of nitrogens with one attached hydrogen (secondary N) is 1. The number of aryl methyl sites for hydroxylation is 1. The van der Waals surface area contributed by atoms with Gasteiger partial charge in [-0.05, 0) is 25.1 Å². The quantitative estimate of drug-likeness (QED) is 0.544. The first-order valence-corrected chi connectivity index (χ1v) is 6.26. The molecule has 0 unspecified atom stereocenters. The molecule has 6 heteroatoms. The third-order valence-corrected chi connectivity index (χ3v) is 3.42. The third-order valence-electron chi connectivity index (χ3n) is 2.46. The number of rotatable bonds is 6. The van der Waals surface area contributed by atoms with Crippen molar-refractivity contribution in [3.8, 4) is 0 Å². The summed E-state index contributed by atoms with van der Waals surface area (Å²) >= 11 is 1.55. The lowest BCUT2D eigenvalue weighted by Crippen LogP contribution is -2.56. The van der Waals surface area contributed by atoms with Crippen LogP contribution < -0.4 is 5.32 Å². The van der Waals surface area contributed by atoms with Gasteiger partial charge in [0.25, 0.3) is 0 Å². The fourth-order valence-electron chi connectivity index (χ4n) is 1.27. The topological polar surface area (TPSA) is 89.8 Å². The van der Waals surface area contributed by atoms with E-state index < -0.39 is 31.3 Å². The van der Waals surface area contributed by atoms with Crippen molar-refractivity contribution < 1.29 is 20.1 Å². The molecule has 0 aliphatic rings. The molecule has 1 rings (SSSR count). The van der Waals surface area contributed by atoms with E-state index in [1.54, 1.807) is 17.4 Å². The molecule has 4 N–H and O–H groups in total. The fourth-order valence-corrected chi connectivity index (χ4v) is 2.05. The molecule has 100 valence electrons. The Morgan fingerprint density at radius 1 is 1.33 bits per heavy atom. The van der Waals surface area contributed by atoms with Gasteiger partial charge in [0.2, 0.25) is 5.91 Å². The zero-order valence-electron chi connectivity index (χ0n) is 10.1. The maximum Gasteiger partial charge on any atom is 0.244 e. The van der Waals surface area contributed by atoms with Crippen molar-refractivity contribution in [2.75, 3.05) is 19.8 Å². The summed E-state index contributed by atoms with van der Waals surface area (Å²) in [5.41, 5.74) is -1.38. The van der Waals surface area contributed by atoms with E-state index in [0.717, 1.165) is 9.75 Å². The molecule has 0 aliphatic heterocycles. The lowest BCUT2D eigenvalue weighted by Gasteiger charge is -2.27. The number of hydrogen-bond donors (Lipinski definition) is 4. The molecule has 1 aromatic rings. The zero-order valence-corrected chi connectivity index (χ0v) is 10.9. The van der Waals surface area contributed by atoms with Crippen LogP contribution in [-0.2, 0) is 4.79 Å². The van der Waals surface area contributed by atoms with Crippen molar-refractivity contribution in [1.29, 1.82) is 0 Å². The van der Waals surface area contributed by atoms with Gasteiger partial charge < -0.3 is 20.6 Å². The van der Waals surface area contributed by atoms with Crippen LogP contribution >= 0.6 is 11.3 Å². The van der Waals surface area contributed by atoms with Crippen molar-refractivity contribution in [2.45, 2.75) is 12.5 Å². The number of aliphatic hydroxyl groups excluding tert-OH is 3. The molecule has 0 bridgehead atoms. The van der Waals surface area contributed by atoms with Crippen LogP contribution in [0.2, 0.25) is 0 Å². The summed E-state index contributed by atoms with van der Waals surface area (Å²) in [6, 6.07) is 3.84. The molecule has 0 aliphatic carbocycles. The summed E-state index contributed by atoms with van der Waals surface area (Å²) < 4.78 is 0. The van der Waals surface area contributed by atoms with E-state index in [1.165, 1.54) is 6.08 Å². The Kier molecular flexibility index (Phi) is 5.49. The fraction of sp³-hybridized carbons (Fsp3) is 0.417. The maximum atomic E-state index is 11.6. The van der Waals surface area contributed by atoms with Gasteiger partial charge in [-0.15, -0.1) is 11.3 Å². The Labute approximate surface area is 109 Å². The predicted molar refractivity (Wildman–Crippen MR) is 70.2 cm³/mol. The van der Waals surface area contributed by atoms with E-state index in [0.29, 0.717) is 0 Å². The summed E-state index contributed by atoms with van der Waals surface area (Å²) in [7, 11) is 0. The minimum Gasteiger partial charge on any atom is -0.394 e. The van der Waals surface area contributed by atoms with Gasteiger partial charge in [-0.1, -0.05) is 0 Å². The molecule has 1 heterocycles. The second-order valence-corrected chi connectivity index (χ2v) is 5.35. The first-order valence-electron chi connectivity index (χ1n) is 5.44. The molecule has 0 radical (unpaired) electrons. The largest absolute Gasteiger partial charge is 0.394 e. The molecule has 0 aromatic carbocycles. The van der Waals surface area contributed by atoms with Crippen molar-refractivity contribution in [2.24, 2.45) is 0 Å². The van der Waals surface area contributed by atoms with Crippen molar-refractivity contribution >= 4 is 23.3 Å². The van der Waals surface area contributed by atoms with Crippen LogP contribution in [-0.4, -0.2) is 46.6 Å². The third kappa shape index (κ3) is 3.92. The van der Waals surface area contributed by atoms with Crippen LogP contribution in [0, 0.1) is 6.92 Å². The molecular formula is C12H17NO4S. The van der Waals surface area contributed by atoms with Gasteiger partial charge in [0.05, 0.1) is 19.8 Å². The molecule has 0 spiro atoms. The first-order chi connectivity index (χ1) is 8.55. The minimum absolute atomic E-state index is 0.474. The minimum atomic E-state index is -1.38. The van der Waals surface area contributed by atoms with Gasteiger partial charge in [0.1, 0.15) is 5.54 Å². The van der Waals surface area contributed by atoms with Crippen molar-refractivity contribution in [1.82, 2.24) is 5.32 Å². The zero-order chi connectivity index (χ0) is 13.6. The second kappa shape index (κ2) is 6.65. The highest BCUT2D eigenvalue weighted by molar-refractivity contribution is 7.12. The Morgan fingerprint density at radius 3 is 2.39 bits per heavy atom. The maximum absolute atomic E-state index is 11.6. The average molecular weight is 271 g/mol. The van der Waals surface area contributed by atoms with Crippen LogP contribution in [0.5, 0.6) is 0 Å². The summed E-state index contributed by atoms with van der Waals surface area (Å²) in [6.45, 7) is 0.378. The number of thiophene rings is 1. The van der Waals surface area contributed by atoms with Crippen LogP contribution in [0.3, 0.4) is 0 Å². The number of carbonyl (C=O) groups is 1. The van der Waals surface area contributed by atoms with Gasteiger partial charge in [-0.3, -0.25) is 4.79 Å². The van der Waals surface area contributed by atoms with Gasteiger partial charge in [0, 0.05) is 15.8 Å². The molecule has 1 amide bonds. The first kappa shape index (κ1) is 14.8. The van der Waals surface area contributed by atoms with E-state index >= 15 is 0 Å². The predicted octanol–water partition coefficient (Wildman–Crippen LogP) is -0.0984. The molecule has 0 saturated carbocycles. The Hall–Kier alpha value is -1.21. The number of amides is 1. The van der Waals surface area contributed by atoms with Crippen LogP contribution in [0.1, 0.15) is 9.75 Å². The highest BCUT2D eigenvalue weighted by Crippen LogP contribution is 2.16. The molecule has 0 fully saturated rings. The average Bonchev–Trinajstić information content (AvgIpc) is 2.80.